The second kappa shape index (κ2) is 4.80. The molecule has 0 bridgehead atoms. The molecule has 0 aliphatic rings. The van der Waals surface area contributed by atoms with Crippen molar-refractivity contribution in [2.75, 3.05) is 0 Å². The maximum absolute atomic E-state index is 9.26. The van der Waals surface area contributed by atoms with Gasteiger partial charge in [-0.1, -0.05) is 27.2 Å². The lowest BCUT2D eigenvalue weighted by molar-refractivity contribution is 0.107. The molecular weight excluding hydrogens is 112 g/mol. The molecule has 0 saturated carbocycles. The van der Waals surface area contributed by atoms with Crippen molar-refractivity contribution in [2.45, 2.75) is 46.1 Å². The van der Waals surface area contributed by atoms with Crippen molar-refractivity contribution in [3.63, 3.8) is 0 Å². The standard InChI is InChI=1S/C8H18O/c1-4-6-7(3)8(9)5-2/h7-9H,4-6H2,1-3H3/t7-,8+/m1/s1. The molecule has 1 heteroatoms. The predicted octanol–water partition coefficient (Wildman–Crippen LogP) is 2.19. The average Bonchev–Trinajstić information content (AvgIpc) is 1.87. The summed E-state index contributed by atoms with van der Waals surface area (Å²) in [6, 6.07) is 0. The van der Waals surface area contributed by atoms with Crippen LogP contribution in [-0.4, -0.2) is 11.2 Å². The quantitative estimate of drug-likeness (QED) is 0.618. The van der Waals surface area contributed by atoms with E-state index in [0.29, 0.717) is 5.92 Å². The minimum absolute atomic E-state index is 0.0788. The molecule has 9 heavy (non-hydrogen) atoms. The third kappa shape index (κ3) is 3.52. The Morgan fingerprint density at radius 1 is 1.33 bits per heavy atom. The Labute approximate surface area is 58.1 Å². The lowest BCUT2D eigenvalue weighted by Gasteiger charge is -2.15. The molecule has 0 saturated heterocycles. The van der Waals surface area contributed by atoms with Gasteiger partial charge in [0.05, 0.1) is 6.10 Å². The first-order valence-electron chi connectivity index (χ1n) is 3.90. The van der Waals surface area contributed by atoms with Gasteiger partial charge in [0, 0.05) is 0 Å². The van der Waals surface area contributed by atoms with Crippen LogP contribution in [-0.2, 0) is 0 Å². The van der Waals surface area contributed by atoms with Crippen LogP contribution in [0.3, 0.4) is 0 Å². The third-order valence-electron chi connectivity index (χ3n) is 1.82. The molecule has 0 radical (unpaired) electrons. The minimum atomic E-state index is -0.0788. The smallest absolute Gasteiger partial charge is 0.0563 e. The molecule has 0 aliphatic carbocycles. The Morgan fingerprint density at radius 3 is 2.22 bits per heavy atom. The van der Waals surface area contributed by atoms with Crippen LogP contribution in [0.15, 0.2) is 0 Å². The van der Waals surface area contributed by atoms with Gasteiger partial charge in [-0.3, -0.25) is 0 Å². The summed E-state index contributed by atoms with van der Waals surface area (Å²) in [4.78, 5) is 0. The van der Waals surface area contributed by atoms with Gasteiger partial charge in [0.25, 0.3) is 0 Å². The van der Waals surface area contributed by atoms with Crippen molar-refractivity contribution < 1.29 is 5.11 Å². The first kappa shape index (κ1) is 8.96. The van der Waals surface area contributed by atoms with E-state index in [2.05, 4.69) is 13.8 Å². The highest BCUT2D eigenvalue weighted by molar-refractivity contribution is 4.60. The van der Waals surface area contributed by atoms with Crippen molar-refractivity contribution >= 4 is 0 Å². The van der Waals surface area contributed by atoms with Crippen molar-refractivity contribution in [1.82, 2.24) is 0 Å². The fourth-order valence-corrected chi connectivity index (χ4v) is 1.05. The normalized spacial score (nSPS) is 17.3. The second-order valence-electron chi connectivity index (χ2n) is 2.74. The Balaban J connectivity index is 3.32. The van der Waals surface area contributed by atoms with Crippen LogP contribution in [0.4, 0.5) is 0 Å². The summed E-state index contributed by atoms with van der Waals surface area (Å²) < 4.78 is 0. The average molecular weight is 130 g/mol. The Bertz CT molecular complexity index is 61.6. The van der Waals surface area contributed by atoms with E-state index >= 15 is 0 Å². The molecule has 1 nitrogen and oxygen atoms in total. The number of hydrogen-bond donors (Lipinski definition) is 1. The number of aliphatic hydroxyl groups is 1. The van der Waals surface area contributed by atoms with E-state index in [1.54, 1.807) is 0 Å². The van der Waals surface area contributed by atoms with E-state index in [1.165, 1.54) is 6.42 Å². The molecule has 2 atom stereocenters. The summed E-state index contributed by atoms with van der Waals surface area (Å²) in [7, 11) is 0. The SMILES string of the molecule is CCC[C@@H](C)[C@@H](O)CC. The molecule has 1 N–H and O–H groups in total. The fraction of sp³-hybridized carbons (Fsp3) is 1.00. The number of hydrogen-bond acceptors (Lipinski definition) is 1. The van der Waals surface area contributed by atoms with Gasteiger partial charge in [-0.25, -0.2) is 0 Å². The molecule has 0 rings (SSSR count). The van der Waals surface area contributed by atoms with Gasteiger partial charge in [-0.15, -0.1) is 0 Å². The van der Waals surface area contributed by atoms with Crippen LogP contribution in [0, 0.1) is 5.92 Å². The zero-order chi connectivity index (χ0) is 7.28. The monoisotopic (exact) mass is 130 g/mol. The van der Waals surface area contributed by atoms with Gasteiger partial charge in [0.1, 0.15) is 0 Å². The third-order valence-corrected chi connectivity index (χ3v) is 1.82. The molecule has 0 aromatic heterocycles. The maximum atomic E-state index is 9.26. The van der Waals surface area contributed by atoms with Gasteiger partial charge in [0.2, 0.25) is 0 Å². The van der Waals surface area contributed by atoms with Gasteiger partial charge in [-0.05, 0) is 18.8 Å². The molecular formula is C8H18O. The topological polar surface area (TPSA) is 20.2 Å². The molecule has 0 amide bonds. The minimum Gasteiger partial charge on any atom is -0.393 e. The van der Waals surface area contributed by atoms with Gasteiger partial charge >= 0.3 is 0 Å². The van der Waals surface area contributed by atoms with Crippen molar-refractivity contribution in [2.24, 2.45) is 5.92 Å². The fourth-order valence-electron chi connectivity index (χ4n) is 1.05. The Morgan fingerprint density at radius 2 is 1.89 bits per heavy atom. The van der Waals surface area contributed by atoms with Crippen LogP contribution < -0.4 is 0 Å². The molecule has 0 heterocycles. The van der Waals surface area contributed by atoms with Crippen molar-refractivity contribution in [1.29, 1.82) is 0 Å². The summed E-state index contributed by atoms with van der Waals surface area (Å²) in [6.07, 6.45) is 3.14. The highest BCUT2D eigenvalue weighted by atomic mass is 16.3. The first-order chi connectivity index (χ1) is 4.22. The number of aliphatic hydroxyl groups excluding tert-OH is 1. The van der Waals surface area contributed by atoms with Crippen LogP contribution in [0.1, 0.15) is 40.0 Å². The zero-order valence-corrected chi connectivity index (χ0v) is 6.72. The Kier molecular flexibility index (Phi) is 4.78. The van der Waals surface area contributed by atoms with Gasteiger partial charge in [-0.2, -0.15) is 0 Å². The van der Waals surface area contributed by atoms with Gasteiger partial charge < -0.3 is 5.11 Å². The summed E-state index contributed by atoms with van der Waals surface area (Å²) in [6.45, 7) is 6.29. The van der Waals surface area contributed by atoms with Crippen LogP contribution in [0.5, 0.6) is 0 Å². The van der Waals surface area contributed by atoms with Crippen LogP contribution in [0.25, 0.3) is 0 Å². The lowest BCUT2D eigenvalue weighted by atomic mass is 9.98. The lowest BCUT2D eigenvalue weighted by Crippen LogP contribution is -2.15. The zero-order valence-electron chi connectivity index (χ0n) is 6.72. The summed E-state index contributed by atoms with van der Waals surface area (Å²) >= 11 is 0. The maximum Gasteiger partial charge on any atom is 0.0563 e. The summed E-state index contributed by atoms with van der Waals surface area (Å²) in [5.74, 6) is 0.486. The molecule has 0 unspecified atom stereocenters. The van der Waals surface area contributed by atoms with Crippen LogP contribution in [0.2, 0.25) is 0 Å². The van der Waals surface area contributed by atoms with E-state index < -0.39 is 0 Å². The summed E-state index contributed by atoms with van der Waals surface area (Å²) in [5.41, 5.74) is 0. The molecule has 0 aromatic rings. The molecule has 0 aromatic carbocycles. The Hall–Kier alpha value is -0.0400. The van der Waals surface area contributed by atoms with Crippen molar-refractivity contribution in [3.8, 4) is 0 Å². The van der Waals surface area contributed by atoms with E-state index in [1.807, 2.05) is 6.92 Å². The highest BCUT2D eigenvalue weighted by Crippen LogP contribution is 2.12. The van der Waals surface area contributed by atoms with Crippen LogP contribution >= 0.6 is 0 Å². The van der Waals surface area contributed by atoms with Crippen molar-refractivity contribution in [3.05, 3.63) is 0 Å². The molecule has 0 fully saturated rings. The highest BCUT2D eigenvalue weighted by Gasteiger charge is 2.09. The summed E-state index contributed by atoms with van der Waals surface area (Å²) in [5, 5.41) is 9.26. The van der Waals surface area contributed by atoms with E-state index in [-0.39, 0.29) is 6.10 Å². The molecule has 0 spiro atoms. The molecule has 56 valence electrons. The van der Waals surface area contributed by atoms with Gasteiger partial charge in [0.15, 0.2) is 0 Å². The van der Waals surface area contributed by atoms with E-state index in [4.69, 9.17) is 0 Å². The molecule has 0 aliphatic heterocycles. The van der Waals surface area contributed by atoms with E-state index in [0.717, 1.165) is 12.8 Å². The predicted molar refractivity (Wildman–Crippen MR) is 40.4 cm³/mol. The van der Waals surface area contributed by atoms with E-state index in [9.17, 15) is 5.11 Å². The largest absolute Gasteiger partial charge is 0.393 e. The number of rotatable bonds is 4. The second-order valence-corrected chi connectivity index (χ2v) is 2.74. The first-order valence-corrected chi connectivity index (χ1v) is 3.90.